The predicted molar refractivity (Wildman–Crippen MR) is 32.7 cm³/mol. The molecule has 0 fully saturated rings. The first-order chi connectivity index (χ1) is 3.43. The zero-order chi connectivity index (χ0) is 5.11. The topological polar surface area (TPSA) is 12.0 Å². The van der Waals surface area contributed by atoms with Gasteiger partial charge in [-0.15, -0.1) is 11.3 Å². The highest BCUT2D eigenvalue weighted by Crippen LogP contribution is 2.11. The zero-order valence-electron chi connectivity index (χ0n) is 4.06. The maximum Gasteiger partial charge on any atom is 0.0886 e. The van der Waals surface area contributed by atoms with Crippen LogP contribution in [0.1, 0.15) is 0 Å². The zero-order valence-corrected chi connectivity index (χ0v) is 4.88. The molecule has 7 heavy (non-hydrogen) atoms. The maximum atomic E-state index is 2.99. The van der Waals surface area contributed by atoms with Crippen LogP contribution in [0.15, 0.2) is 12.1 Å². The van der Waals surface area contributed by atoms with E-state index in [1.165, 1.54) is 5.00 Å². The molecule has 0 amide bonds. The second-order valence-corrected chi connectivity index (χ2v) is 2.05. The third-order valence-electron chi connectivity index (χ3n) is 0.718. The summed E-state index contributed by atoms with van der Waals surface area (Å²) in [5.74, 6) is 0. The largest absolute Gasteiger partial charge is 0.380 e. The molecule has 0 aliphatic heterocycles. The minimum absolute atomic E-state index is 1.17. The molecule has 37 valence electrons. The van der Waals surface area contributed by atoms with Crippen molar-refractivity contribution in [2.45, 2.75) is 0 Å². The minimum Gasteiger partial charge on any atom is -0.380 e. The summed E-state index contributed by atoms with van der Waals surface area (Å²) < 4.78 is 0. The predicted octanol–water partition coefficient (Wildman–Crippen LogP) is 1.59. The molecule has 0 unspecified atom stereocenters. The van der Waals surface area contributed by atoms with E-state index in [-0.39, 0.29) is 0 Å². The van der Waals surface area contributed by atoms with Gasteiger partial charge in [-0.1, -0.05) is 0 Å². The van der Waals surface area contributed by atoms with E-state index in [1.807, 2.05) is 19.2 Å². The first-order valence-electron chi connectivity index (χ1n) is 2.07. The maximum absolute atomic E-state index is 2.99. The van der Waals surface area contributed by atoms with Crippen molar-refractivity contribution < 1.29 is 0 Å². The molecule has 1 heterocycles. The average molecular weight is 112 g/mol. The number of rotatable bonds is 1. The Morgan fingerprint density at radius 3 is 3.00 bits per heavy atom. The lowest BCUT2D eigenvalue weighted by molar-refractivity contribution is 1.60. The molecule has 2 heteroatoms. The summed E-state index contributed by atoms with van der Waals surface area (Å²) in [6, 6.07) is 3.89. The first kappa shape index (κ1) is 4.65. The summed E-state index contributed by atoms with van der Waals surface area (Å²) in [5.41, 5.74) is 0. The summed E-state index contributed by atoms with van der Waals surface area (Å²) in [7, 11) is 1.90. The van der Waals surface area contributed by atoms with Gasteiger partial charge >= 0.3 is 0 Å². The standard InChI is InChI=1S/C5H6NS/c1-6-5-3-2-4-7-5/h2-3,6H,1H3. The SMILES string of the molecule is CNc1cc[c]s1. The molecular formula is C5H6NS. The number of anilines is 1. The third kappa shape index (κ3) is 0.933. The highest BCUT2D eigenvalue weighted by atomic mass is 32.1. The monoisotopic (exact) mass is 112 g/mol. The lowest BCUT2D eigenvalue weighted by Crippen LogP contribution is -1.79. The van der Waals surface area contributed by atoms with Crippen molar-refractivity contribution in [1.29, 1.82) is 0 Å². The van der Waals surface area contributed by atoms with Gasteiger partial charge in [-0.05, 0) is 12.1 Å². The quantitative estimate of drug-likeness (QED) is 0.581. The number of thiophene rings is 1. The smallest absolute Gasteiger partial charge is 0.0886 e. The van der Waals surface area contributed by atoms with E-state index in [2.05, 4.69) is 10.7 Å². The Labute approximate surface area is 47.0 Å². The number of hydrogen-bond donors (Lipinski definition) is 1. The molecule has 0 bridgehead atoms. The lowest BCUT2D eigenvalue weighted by atomic mass is 10.6. The van der Waals surface area contributed by atoms with E-state index in [9.17, 15) is 0 Å². The molecule has 0 saturated heterocycles. The van der Waals surface area contributed by atoms with Gasteiger partial charge in [-0.25, -0.2) is 0 Å². The molecule has 1 N–H and O–H groups in total. The van der Waals surface area contributed by atoms with Crippen LogP contribution in [0.5, 0.6) is 0 Å². The van der Waals surface area contributed by atoms with Gasteiger partial charge in [-0.2, -0.15) is 0 Å². The molecule has 1 radical (unpaired) electrons. The molecular weight excluding hydrogens is 106 g/mol. The van der Waals surface area contributed by atoms with E-state index in [1.54, 1.807) is 11.3 Å². The van der Waals surface area contributed by atoms with Crippen LogP contribution in [0, 0.1) is 5.38 Å². The summed E-state index contributed by atoms with van der Waals surface area (Å²) in [6.07, 6.45) is 0. The molecule has 1 aromatic rings. The van der Waals surface area contributed by atoms with Crippen LogP contribution in [0.25, 0.3) is 0 Å². The second-order valence-electron chi connectivity index (χ2n) is 1.17. The Kier molecular flexibility index (Phi) is 1.32. The molecule has 0 aliphatic rings. The molecule has 0 saturated carbocycles. The van der Waals surface area contributed by atoms with Crippen LogP contribution < -0.4 is 5.32 Å². The Morgan fingerprint density at radius 1 is 1.86 bits per heavy atom. The van der Waals surface area contributed by atoms with Crippen molar-refractivity contribution in [3.05, 3.63) is 17.5 Å². The van der Waals surface area contributed by atoms with Gasteiger partial charge in [0.2, 0.25) is 0 Å². The molecule has 1 nitrogen and oxygen atoms in total. The van der Waals surface area contributed by atoms with Gasteiger partial charge in [0.15, 0.2) is 0 Å². The van der Waals surface area contributed by atoms with Gasteiger partial charge in [0.1, 0.15) is 0 Å². The van der Waals surface area contributed by atoms with Crippen LogP contribution >= 0.6 is 11.3 Å². The Bertz CT molecular complexity index is 123. The van der Waals surface area contributed by atoms with Crippen molar-refractivity contribution >= 4 is 16.3 Å². The van der Waals surface area contributed by atoms with Crippen LogP contribution in [-0.4, -0.2) is 7.05 Å². The molecule has 0 spiro atoms. The van der Waals surface area contributed by atoms with Gasteiger partial charge in [-0.3, -0.25) is 0 Å². The summed E-state index contributed by atoms with van der Waals surface area (Å²) in [4.78, 5) is 0. The fraction of sp³-hybridized carbons (Fsp3) is 0.200. The second kappa shape index (κ2) is 1.98. The van der Waals surface area contributed by atoms with Crippen molar-refractivity contribution in [2.75, 3.05) is 12.4 Å². The molecule has 0 atom stereocenters. The van der Waals surface area contributed by atoms with Crippen LogP contribution in [0.4, 0.5) is 5.00 Å². The van der Waals surface area contributed by atoms with Crippen molar-refractivity contribution in [1.82, 2.24) is 0 Å². The molecule has 0 aromatic carbocycles. The summed E-state index contributed by atoms with van der Waals surface area (Å²) in [6.45, 7) is 0. The number of hydrogen-bond acceptors (Lipinski definition) is 2. The highest BCUT2D eigenvalue weighted by molar-refractivity contribution is 7.13. The molecule has 0 aliphatic carbocycles. The first-order valence-corrected chi connectivity index (χ1v) is 2.89. The molecule has 1 rings (SSSR count). The van der Waals surface area contributed by atoms with E-state index in [0.717, 1.165) is 0 Å². The van der Waals surface area contributed by atoms with Gasteiger partial charge < -0.3 is 5.32 Å². The van der Waals surface area contributed by atoms with E-state index >= 15 is 0 Å². The normalized spacial score (nSPS) is 8.71. The molecule has 1 aromatic heterocycles. The fourth-order valence-corrected chi connectivity index (χ4v) is 0.877. The van der Waals surface area contributed by atoms with Crippen LogP contribution in [0.3, 0.4) is 0 Å². The fourth-order valence-electron chi connectivity index (χ4n) is 0.376. The Hall–Kier alpha value is -0.500. The Balaban J connectivity index is 2.76. The van der Waals surface area contributed by atoms with Crippen molar-refractivity contribution in [3.63, 3.8) is 0 Å². The van der Waals surface area contributed by atoms with Crippen LogP contribution in [0.2, 0.25) is 0 Å². The van der Waals surface area contributed by atoms with Gasteiger partial charge in [0.25, 0.3) is 0 Å². The van der Waals surface area contributed by atoms with Crippen molar-refractivity contribution in [3.8, 4) is 0 Å². The highest BCUT2D eigenvalue weighted by Gasteiger charge is 1.81. The average Bonchev–Trinajstić information content (AvgIpc) is 2.14. The summed E-state index contributed by atoms with van der Waals surface area (Å²) >= 11 is 1.59. The van der Waals surface area contributed by atoms with E-state index in [4.69, 9.17) is 0 Å². The van der Waals surface area contributed by atoms with E-state index < -0.39 is 0 Å². The van der Waals surface area contributed by atoms with Crippen molar-refractivity contribution in [2.24, 2.45) is 0 Å². The lowest BCUT2D eigenvalue weighted by Gasteiger charge is -1.85. The van der Waals surface area contributed by atoms with Crippen LogP contribution in [-0.2, 0) is 0 Å². The van der Waals surface area contributed by atoms with E-state index in [0.29, 0.717) is 0 Å². The Morgan fingerprint density at radius 2 is 2.71 bits per heavy atom. The number of nitrogens with one attached hydrogen (secondary N) is 1. The van der Waals surface area contributed by atoms with Gasteiger partial charge in [0, 0.05) is 12.4 Å². The minimum atomic E-state index is 1.17. The van der Waals surface area contributed by atoms with Gasteiger partial charge in [0.05, 0.1) is 5.00 Å². The third-order valence-corrected chi connectivity index (χ3v) is 1.53. The summed E-state index contributed by atoms with van der Waals surface area (Å²) in [5, 5.41) is 7.12.